The fraction of sp³-hybridized carbons (Fsp3) is 0.375. The van der Waals surface area contributed by atoms with Gasteiger partial charge in [0.15, 0.2) is 0 Å². The fourth-order valence-corrected chi connectivity index (χ4v) is 4.26. The summed E-state index contributed by atoms with van der Waals surface area (Å²) in [6.07, 6.45) is 4.10. The van der Waals surface area contributed by atoms with E-state index in [0.717, 1.165) is 22.3 Å². The maximum absolute atomic E-state index is 13.0. The Hall–Kier alpha value is -3.23. The lowest BCUT2D eigenvalue weighted by Gasteiger charge is -2.30. The lowest BCUT2D eigenvalue weighted by atomic mass is 10.0. The van der Waals surface area contributed by atoms with Crippen LogP contribution in [-0.2, 0) is 0 Å². The number of aryl methyl sites for hydroxylation is 1. The lowest BCUT2D eigenvalue weighted by Crippen LogP contribution is -2.45. The number of nitrogens with two attached hydrogens (primary N) is 1. The summed E-state index contributed by atoms with van der Waals surface area (Å²) >= 11 is 0. The zero-order valence-corrected chi connectivity index (χ0v) is 18.5. The maximum atomic E-state index is 13.0. The molecule has 3 heterocycles. The monoisotopic (exact) mass is 435 g/mol. The molecule has 0 radical (unpaired) electrons. The second-order valence-corrected chi connectivity index (χ2v) is 8.40. The Kier molecular flexibility index (Phi) is 6.25. The largest absolute Gasteiger partial charge is 0.492 e. The van der Waals surface area contributed by atoms with Crippen LogP contribution in [0.1, 0.15) is 22.5 Å². The van der Waals surface area contributed by atoms with Crippen LogP contribution in [0.25, 0.3) is 10.9 Å². The average Bonchev–Trinajstić information content (AvgIpc) is 3.18. The fourth-order valence-electron chi connectivity index (χ4n) is 4.26. The molecule has 1 fully saturated rings. The SMILES string of the molecule is Cc1cc(N2CC[C@@](O)(CN(C)C(=O)c3cccc(OCCN)c3)C2)c2cnccc2n1. The van der Waals surface area contributed by atoms with Crippen LogP contribution in [0.15, 0.2) is 48.8 Å². The van der Waals surface area contributed by atoms with Gasteiger partial charge < -0.3 is 25.4 Å². The van der Waals surface area contributed by atoms with Gasteiger partial charge >= 0.3 is 0 Å². The summed E-state index contributed by atoms with van der Waals surface area (Å²) in [7, 11) is 1.71. The zero-order valence-electron chi connectivity index (χ0n) is 18.5. The molecule has 1 aliphatic rings. The molecule has 2 aromatic heterocycles. The van der Waals surface area contributed by atoms with Crippen molar-refractivity contribution in [2.24, 2.45) is 5.73 Å². The highest BCUT2D eigenvalue weighted by atomic mass is 16.5. The number of pyridine rings is 2. The number of fused-ring (bicyclic) bond motifs is 1. The topological polar surface area (TPSA) is 105 Å². The molecule has 1 aromatic carbocycles. The Morgan fingerprint density at radius 1 is 1.34 bits per heavy atom. The standard InChI is InChI=1S/C24H29N5O3/c1-17-12-22(20-14-26-9-6-21(20)27-17)29-10-7-24(31,16-29)15-28(2)23(30)18-4-3-5-19(13-18)32-11-8-25/h3-6,9,12-14,31H,7-8,10-11,15-16,25H2,1-2H3/t24-/m1/s1. The van der Waals surface area contributed by atoms with Gasteiger partial charge in [0, 0.05) is 61.4 Å². The number of aromatic nitrogens is 2. The summed E-state index contributed by atoms with van der Waals surface area (Å²) in [5, 5.41) is 12.3. The molecule has 4 rings (SSSR count). The Labute approximate surface area is 187 Å². The Morgan fingerprint density at radius 3 is 3.00 bits per heavy atom. The highest BCUT2D eigenvalue weighted by Crippen LogP contribution is 2.32. The van der Waals surface area contributed by atoms with Crippen LogP contribution < -0.4 is 15.4 Å². The molecule has 1 atom stereocenters. The van der Waals surface area contributed by atoms with E-state index in [1.807, 2.05) is 25.3 Å². The molecule has 168 valence electrons. The molecular weight excluding hydrogens is 406 g/mol. The average molecular weight is 436 g/mol. The van der Waals surface area contributed by atoms with Gasteiger partial charge in [-0.3, -0.25) is 14.8 Å². The van der Waals surface area contributed by atoms with E-state index in [4.69, 9.17) is 10.5 Å². The van der Waals surface area contributed by atoms with Crippen molar-refractivity contribution >= 4 is 22.5 Å². The third kappa shape index (κ3) is 4.66. The summed E-state index contributed by atoms with van der Waals surface area (Å²) in [4.78, 5) is 25.5. The molecule has 32 heavy (non-hydrogen) atoms. The molecule has 8 nitrogen and oxygen atoms in total. The first-order valence-corrected chi connectivity index (χ1v) is 10.8. The molecule has 0 spiro atoms. The number of anilines is 1. The van der Waals surface area contributed by atoms with Crippen LogP contribution in [0.5, 0.6) is 5.75 Å². The van der Waals surface area contributed by atoms with E-state index in [2.05, 4.69) is 14.9 Å². The molecule has 3 N–H and O–H groups in total. The second kappa shape index (κ2) is 9.10. The van der Waals surface area contributed by atoms with Gasteiger partial charge in [0.25, 0.3) is 5.91 Å². The van der Waals surface area contributed by atoms with E-state index < -0.39 is 5.60 Å². The quantitative estimate of drug-likeness (QED) is 0.585. The van der Waals surface area contributed by atoms with Gasteiger partial charge in [-0.25, -0.2) is 0 Å². The number of carbonyl (C=O) groups is 1. The van der Waals surface area contributed by atoms with Crippen LogP contribution in [0.2, 0.25) is 0 Å². The van der Waals surface area contributed by atoms with Crippen LogP contribution >= 0.6 is 0 Å². The Bertz CT molecular complexity index is 1120. The summed E-state index contributed by atoms with van der Waals surface area (Å²) in [6, 6.07) is 11.0. The van der Waals surface area contributed by atoms with Gasteiger partial charge in [0.05, 0.1) is 12.1 Å². The van der Waals surface area contributed by atoms with Crippen molar-refractivity contribution < 1.29 is 14.6 Å². The molecule has 0 bridgehead atoms. The molecule has 0 saturated carbocycles. The van der Waals surface area contributed by atoms with Crippen molar-refractivity contribution in [3.8, 4) is 5.75 Å². The van der Waals surface area contributed by atoms with Gasteiger partial charge in [-0.05, 0) is 43.7 Å². The van der Waals surface area contributed by atoms with Crippen molar-refractivity contribution in [3.05, 3.63) is 60.0 Å². The first-order chi connectivity index (χ1) is 15.4. The highest BCUT2D eigenvalue weighted by Gasteiger charge is 2.38. The molecular formula is C24H29N5O3. The van der Waals surface area contributed by atoms with E-state index in [9.17, 15) is 9.90 Å². The number of ether oxygens (including phenoxy) is 1. The molecule has 8 heteroatoms. The van der Waals surface area contributed by atoms with Gasteiger partial charge in [-0.1, -0.05) is 6.07 Å². The van der Waals surface area contributed by atoms with E-state index in [1.54, 1.807) is 42.4 Å². The van der Waals surface area contributed by atoms with Crippen molar-refractivity contribution in [2.75, 3.05) is 44.7 Å². The maximum Gasteiger partial charge on any atom is 0.253 e. The van der Waals surface area contributed by atoms with E-state index in [0.29, 0.717) is 44.0 Å². The zero-order chi connectivity index (χ0) is 22.7. The molecule has 1 saturated heterocycles. The first-order valence-electron chi connectivity index (χ1n) is 10.8. The summed E-state index contributed by atoms with van der Waals surface area (Å²) in [6.45, 7) is 4.11. The van der Waals surface area contributed by atoms with Crippen LogP contribution in [-0.4, -0.2) is 71.3 Å². The number of hydrogen-bond donors (Lipinski definition) is 2. The van der Waals surface area contributed by atoms with E-state index >= 15 is 0 Å². The number of hydrogen-bond acceptors (Lipinski definition) is 7. The summed E-state index contributed by atoms with van der Waals surface area (Å²) in [5.74, 6) is 0.443. The third-order valence-electron chi connectivity index (χ3n) is 5.74. The van der Waals surface area contributed by atoms with Gasteiger partial charge in [-0.15, -0.1) is 0 Å². The minimum atomic E-state index is -1.01. The summed E-state index contributed by atoms with van der Waals surface area (Å²) < 4.78 is 5.52. The molecule has 3 aromatic rings. The van der Waals surface area contributed by atoms with Crippen molar-refractivity contribution in [1.29, 1.82) is 0 Å². The predicted molar refractivity (Wildman–Crippen MR) is 124 cm³/mol. The number of benzene rings is 1. The number of β-amino-alcohol motifs (C(OH)–C–C–N with tert-alkyl or cyclic N) is 1. The minimum Gasteiger partial charge on any atom is -0.492 e. The number of aliphatic hydroxyl groups is 1. The minimum absolute atomic E-state index is 0.163. The predicted octanol–water partition coefficient (Wildman–Crippen LogP) is 1.99. The Morgan fingerprint density at radius 2 is 2.19 bits per heavy atom. The number of rotatable bonds is 7. The van der Waals surface area contributed by atoms with Crippen LogP contribution in [0, 0.1) is 6.92 Å². The molecule has 0 unspecified atom stereocenters. The van der Waals surface area contributed by atoms with Crippen molar-refractivity contribution in [2.45, 2.75) is 18.9 Å². The van der Waals surface area contributed by atoms with Crippen molar-refractivity contribution in [1.82, 2.24) is 14.9 Å². The molecule has 1 aliphatic heterocycles. The second-order valence-electron chi connectivity index (χ2n) is 8.40. The van der Waals surface area contributed by atoms with Gasteiger partial charge in [-0.2, -0.15) is 0 Å². The van der Waals surface area contributed by atoms with E-state index in [1.165, 1.54) is 0 Å². The molecule has 0 aliphatic carbocycles. The smallest absolute Gasteiger partial charge is 0.253 e. The van der Waals surface area contributed by atoms with Gasteiger partial charge in [0.1, 0.15) is 18.0 Å². The van der Waals surface area contributed by atoms with Crippen LogP contribution in [0.4, 0.5) is 5.69 Å². The Balaban J connectivity index is 1.47. The lowest BCUT2D eigenvalue weighted by molar-refractivity contribution is 0.0264. The molecule has 1 amide bonds. The highest BCUT2D eigenvalue weighted by molar-refractivity contribution is 5.94. The number of amides is 1. The van der Waals surface area contributed by atoms with Crippen molar-refractivity contribution in [3.63, 3.8) is 0 Å². The number of likely N-dealkylation sites (N-methyl/N-ethyl adjacent to an activating group) is 1. The summed E-state index contributed by atoms with van der Waals surface area (Å²) in [5.41, 5.74) is 7.80. The normalized spacial score (nSPS) is 18.2. The number of nitrogens with zero attached hydrogens (tertiary/aromatic N) is 4. The third-order valence-corrected chi connectivity index (χ3v) is 5.74. The number of carbonyl (C=O) groups excluding carboxylic acids is 1. The van der Waals surface area contributed by atoms with E-state index in [-0.39, 0.29) is 12.5 Å². The van der Waals surface area contributed by atoms with Crippen LogP contribution in [0.3, 0.4) is 0 Å². The van der Waals surface area contributed by atoms with Gasteiger partial charge in [0.2, 0.25) is 0 Å². The first kappa shape index (κ1) is 22.0.